The summed E-state index contributed by atoms with van der Waals surface area (Å²) in [4.78, 5) is 20.8. The number of carbonyl (C=O) groups excluding carboxylic acids is 1. The fraction of sp³-hybridized carbons (Fsp3) is 0.478. The van der Waals surface area contributed by atoms with Crippen molar-refractivity contribution in [1.82, 2.24) is 4.90 Å². The number of nitrogens with zero attached hydrogens (tertiary/aromatic N) is 2. The van der Waals surface area contributed by atoms with E-state index in [0.717, 1.165) is 30.6 Å². The van der Waals surface area contributed by atoms with Crippen LogP contribution >= 0.6 is 11.3 Å². The zero-order valence-electron chi connectivity index (χ0n) is 17.1. The maximum atomic E-state index is 13.2. The summed E-state index contributed by atoms with van der Waals surface area (Å²) in [6.07, 6.45) is 4.10. The average molecular weight is 428 g/mol. The normalized spacial score (nSPS) is 22.2. The molecule has 1 aliphatic carbocycles. The van der Waals surface area contributed by atoms with E-state index in [4.69, 9.17) is 10.5 Å². The lowest BCUT2D eigenvalue weighted by Gasteiger charge is -2.33. The molecular formula is C23H29N3O3S. The molecule has 2 aromatic rings. The van der Waals surface area contributed by atoms with Crippen LogP contribution in [-0.4, -0.2) is 41.1 Å². The molecule has 2 fully saturated rings. The van der Waals surface area contributed by atoms with Gasteiger partial charge in [0.25, 0.3) is 0 Å². The minimum atomic E-state index is -1.59. The van der Waals surface area contributed by atoms with Gasteiger partial charge in [-0.15, -0.1) is 11.3 Å². The third-order valence-electron chi connectivity index (χ3n) is 6.19. The maximum Gasteiger partial charge on any atom is 0.343 e. The molecule has 6 nitrogen and oxygen atoms in total. The number of aliphatic imine (C=N–C) groups is 1. The zero-order valence-corrected chi connectivity index (χ0v) is 17.9. The van der Waals surface area contributed by atoms with Crippen molar-refractivity contribution in [1.29, 1.82) is 0 Å². The first-order valence-corrected chi connectivity index (χ1v) is 11.5. The molecule has 0 amide bonds. The molecule has 2 atom stereocenters. The molecule has 0 radical (unpaired) electrons. The van der Waals surface area contributed by atoms with Crippen molar-refractivity contribution in [2.75, 3.05) is 13.1 Å². The highest BCUT2D eigenvalue weighted by Gasteiger charge is 2.48. The van der Waals surface area contributed by atoms with Crippen molar-refractivity contribution >= 4 is 23.3 Å². The first-order chi connectivity index (χ1) is 14.6. The van der Waals surface area contributed by atoms with Gasteiger partial charge in [0.2, 0.25) is 0 Å². The fourth-order valence-corrected chi connectivity index (χ4v) is 5.12. The number of hydrogen-bond acceptors (Lipinski definition) is 5. The van der Waals surface area contributed by atoms with Crippen LogP contribution in [0, 0.1) is 5.92 Å². The Balaban J connectivity index is 1.41. The highest BCUT2D eigenvalue weighted by molar-refractivity contribution is 7.09. The van der Waals surface area contributed by atoms with Gasteiger partial charge >= 0.3 is 5.97 Å². The number of guanidine groups is 1. The molecule has 3 N–H and O–H groups in total. The Morgan fingerprint density at radius 2 is 1.97 bits per heavy atom. The number of aliphatic hydroxyl groups is 1. The van der Waals surface area contributed by atoms with Crippen molar-refractivity contribution < 1.29 is 14.6 Å². The molecule has 0 bridgehead atoms. The van der Waals surface area contributed by atoms with Crippen LogP contribution in [0.4, 0.5) is 0 Å². The molecule has 30 heavy (non-hydrogen) atoms. The number of benzene rings is 1. The summed E-state index contributed by atoms with van der Waals surface area (Å²) < 4.78 is 5.84. The number of hydrogen-bond donors (Lipinski definition) is 2. The zero-order chi connectivity index (χ0) is 21.0. The molecule has 1 saturated carbocycles. The summed E-state index contributed by atoms with van der Waals surface area (Å²) in [7, 11) is 0. The highest BCUT2D eigenvalue weighted by atomic mass is 32.1. The van der Waals surface area contributed by atoms with Gasteiger partial charge in [0.05, 0.1) is 13.1 Å². The van der Waals surface area contributed by atoms with E-state index in [1.807, 2.05) is 52.7 Å². The van der Waals surface area contributed by atoms with Crippen LogP contribution in [0.2, 0.25) is 0 Å². The number of carbonyl (C=O) groups is 1. The summed E-state index contributed by atoms with van der Waals surface area (Å²) in [6, 6.07) is 13.2. The van der Waals surface area contributed by atoms with Crippen LogP contribution in [0.25, 0.3) is 0 Å². The quantitative estimate of drug-likeness (QED) is 0.420. The lowest BCUT2D eigenvalue weighted by Crippen LogP contribution is -2.45. The second kappa shape index (κ2) is 9.18. The molecule has 160 valence electrons. The summed E-state index contributed by atoms with van der Waals surface area (Å²) in [5.74, 6) is -0.181. The summed E-state index contributed by atoms with van der Waals surface area (Å²) in [5.41, 5.74) is 5.18. The number of ether oxygens (including phenoxy) is 1. The van der Waals surface area contributed by atoms with E-state index in [1.54, 1.807) is 11.3 Å². The third kappa shape index (κ3) is 4.37. The molecule has 1 saturated heterocycles. The van der Waals surface area contributed by atoms with Crippen molar-refractivity contribution in [3.05, 3.63) is 58.3 Å². The number of rotatable bonds is 6. The van der Waals surface area contributed by atoms with E-state index < -0.39 is 11.6 Å². The van der Waals surface area contributed by atoms with Gasteiger partial charge in [0, 0.05) is 23.8 Å². The standard InChI is InChI=1S/C23H29N3O3S/c24-22(25-15-20-11-6-14-30-20)26-13-12-19(16-26)29-21(27)23(28,18-9-4-5-10-18)17-7-2-1-3-8-17/h1-3,6-8,11,14,18-19,28H,4-5,9-10,12-13,15-16H2,(H2,24,25). The Morgan fingerprint density at radius 1 is 1.20 bits per heavy atom. The van der Waals surface area contributed by atoms with Crippen LogP contribution in [-0.2, 0) is 21.7 Å². The number of esters is 1. The van der Waals surface area contributed by atoms with E-state index in [1.165, 1.54) is 0 Å². The topological polar surface area (TPSA) is 88.1 Å². The Labute approximate surface area is 181 Å². The Morgan fingerprint density at radius 3 is 2.67 bits per heavy atom. The minimum absolute atomic E-state index is 0.109. The molecule has 2 unspecified atom stereocenters. The average Bonchev–Trinajstić information content (AvgIpc) is 3.55. The maximum absolute atomic E-state index is 13.2. The summed E-state index contributed by atoms with van der Waals surface area (Å²) in [6.45, 7) is 1.74. The van der Waals surface area contributed by atoms with Crippen LogP contribution in [0.3, 0.4) is 0 Å². The number of likely N-dealkylation sites (tertiary alicyclic amines) is 1. The fourth-order valence-electron chi connectivity index (χ4n) is 4.49. The largest absolute Gasteiger partial charge is 0.458 e. The number of nitrogens with two attached hydrogens (primary N) is 1. The first-order valence-electron chi connectivity index (χ1n) is 10.6. The van der Waals surface area contributed by atoms with Crippen molar-refractivity contribution in [3.63, 3.8) is 0 Å². The van der Waals surface area contributed by atoms with E-state index in [0.29, 0.717) is 37.6 Å². The monoisotopic (exact) mass is 427 g/mol. The second-order valence-electron chi connectivity index (χ2n) is 8.13. The van der Waals surface area contributed by atoms with Gasteiger partial charge in [-0.05, 0) is 29.9 Å². The van der Waals surface area contributed by atoms with Gasteiger partial charge in [-0.2, -0.15) is 0 Å². The van der Waals surface area contributed by atoms with E-state index in [-0.39, 0.29) is 12.0 Å². The molecule has 2 heterocycles. The van der Waals surface area contributed by atoms with Gasteiger partial charge in [-0.25, -0.2) is 9.79 Å². The van der Waals surface area contributed by atoms with Gasteiger partial charge in [0.1, 0.15) is 6.10 Å². The van der Waals surface area contributed by atoms with E-state index in [9.17, 15) is 9.90 Å². The molecular weight excluding hydrogens is 398 g/mol. The van der Waals surface area contributed by atoms with Gasteiger partial charge in [0.15, 0.2) is 11.6 Å². The molecule has 7 heteroatoms. The predicted molar refractivity (Wildman–Crippen MR) is 118 cm³/mol. The van der Waals surface area contributed by atoms with Gasteiger partial charge < -0.3 is 20.5 Å². The molecule has 1 aromatic heterocycles. The Bertz CT molecular complexity index is 865. The Kier molecular flexibility index (Phi) is 6.39. The second-order valence-corrected chi connectivity index (χ2v) is 9.16. The SMILES string of the molecule is NC(=NCc1cccs1)N1CCC(OC(=O)C(O)(c2ccccc2)C2CCCC2)C1. The summed E-state index contributed by atoms with van der Waals surface area (Å²) >= 11 is 1.65. The minimum Gasteiger partial charge on any atom is -0.458 e. The highest BCUT2D eigenvalue weighted by Crippen LogP contribution is 2.41. The van der Waals surface area contributed by atoms with Crippen LogP contribution < -0.4 is 5.73 Å². The lowest BCUT2D eigenvalue weighted by molar-refractivity contribution is -0.178. The third-order valence-corrected chi connectivity index (χ3v) is 7.05. The van der Waals surface area contributed by atoms with Gasteiger partial charge in [-0.1, -0.05) is 49.2 Å². The lowest BCUT2D eigenvalue weighted by atomic mass is 9.80. The first kappa shape index (κ1) is 20.9. The molecule has 1 aromatic carbocycles. The molecule has 4 rings (SSSR count). The van der Waals surface area contributed by atoms with Gasteiger partial charge in [-0.3, -0.25) is 0 Å². The molecule has 2 aliphatic rings. The van der Waals surface area contributed by atoms with E-state index in [2.05, 4.69) is 4.99 Å². The van der Waals surface area contributed by atoms with Crippen molar-refractivity contribution in [2.45, 2.75) is 50.4 Å². The predicted octanol–water partition coefficient (Wildman–Crippen LogP) is 3.26. The van der Waals surface area contributed by atoms with Crippen molar-refractivity contribution in [3.8, 4) is 0 Å². The van der Waals surface area contributed by atoms with Crippen LogP contribution in [0.1, 0.15) is 42.5 Å². The summed E-state index contributed by atoms with van der Waals surface area (Å²) in [5, 5.41) is 13.6. The smallest absolute Gasteiger partial charge is 0.343 e. The number of thiophene rings is 1. The van der Waals surface area contributed by atoms with Crippen LogP contribution in [0.15, 0.2) is 52.8 Å². The Hall–Kier alpha value is -2.38. The molecule has 1 aliphatic heterocycles. The molecule has 0 spiro atoms. The van der Waals surface area contributed by atoms with Crippen LogP contribution in [0.5, 0.6) is 0 Å². The van der Waals surface area contributed by atoms with Crippen molar-refractivity contribution in [2.24, 2.45) is 16.6 Å². The van der Waals surface area contributed by atoms with E-state index >= 15 is 0 Å².